The molecule has 4 rings (SSSR count). The van der Waals surface area contributed by atoms with Crippen LogP contribution in [-0.2, 0) is 11.8 Å². The van der Waals surface area contributed by atoms with Crippen LogP contribution in [-0.4, -0.2) is 38.2 Å². The van der Waals surface area contributed by atoms with Gasteiger partial charge in [-0.25, -0.2) is 9.97 Å². The second-order valence-electron chi connectivity index (χ2n) is 5.59. The molecule has 7 heteroatoms. The van der Waals surface area contributed by atoms with E-state index in [9.17, 15) is 4.79 Å². The van der Waals surface area contributed by atoms with Gasteiger partial charge in [-0.2, -0.15) is 5.10 Å². The van der Waals surface area contributed by atoms with E-state index in [0.29, 0.717) is 12.4 Å². The van der Waals surface area contributed by atoms with Crippen LogP contribution in [0.25, 0.3) is 10.9 Å². The van der Waals surface area contributed by atoms with Crippen LogP contribution in [0.15, 0.2) is 43.0 Å². The van der Waals surface area contributed by atoms with E-state index in [1.165, 1.54) is 6.33 Å². The van der Waals surface area contributed by atoms with Crippen LogP contribution in [0.1, 0.15) is 6.42 Å². The maximum absolute atomic E-state index is 12.6. The van der Waals surface area contributed by atoms with Gasteiger partial charge in [0.1, 0.15) is 18.2 Å². The largest absolute Gasteiger partial charge is 0.358 e. The van der Waals surface area contributed by atoms with E-state index in [1.54, 1.807) is 15.8 Å². The molecule has 1 aliphatic rings. The summed E-state index contributed by atoms with van der Waals surface area (Å²) in [5.41, 5.74) is 1.69. The van der Waals surface area contributed by atoms with Crippen molar-refractivity contribution in [3.05, 3.63) is 43.0 Å². The number of nitrogens with one attached hydrogen (secondary N) is 1. The van der Waals surface area contributed by atoms with Crippen molar-refractivity contribution in [2.45, 2.75) is 12.5 Å². The summed E-state index contributed by atoms with van der Waals surface area (Å²) in [6, 6.07) is 7.48. The predicted molar refractivity (Wildman–Crippen MR) is 87.1 cm³/mol. The first-order valence-electron chi connectivity index (χ1n) is 7.49. The third-order valence-electron chi connectivity index (χ3n) is 4.06. The third kappa shape index (κ3) is 2.40. The van der Waals surface area contributed by atoms with Crippen LogP contribution in [0.3, 0.4) is 0 Å². The minimum absolute atomic E-state index is 0.0423. The number of carbonyl (C=O) groups excluding carboxylic acids is 1. The summed E-state index contributed by atoms with van der Waals surface area (Å²) in [5.74, 6) is 0.739. The SMILES string of the molecule is Cn1cc(N2CCC(Nc3ncnc4ccccc34)C2=O)cn1. The molecule has 1 fully saturated rings. The molecule has 3 aromatic rings. The number of anilines is 2. The molecule has 1 aliphatic heterocycles. The van der Waals surface area contributed by atoms with Crippen LogP contribution in [0.5, 0.6) is 0 Å². The Labute approximate surface area is 133 Å². The second-order valence-corrected chi connectivity index (χ2v) is 5.59. The molecule has 1 amide bonds. The van der Waals surface area contributed by atoms with Gasteiger partial charge in [0.05, 0.1) is 17.4 Å². The fourth-order valence-electron chi connectivity index (χ4n) is 2.90. The first kappa shape index (κ1) is 13.7. The lowest BCUT2D eigenvalue weighted by Gasteiger charge is -2.16. The molecule has 1 unspecified atom stereocenters. The van der Waals surface area contributed by atoms with E-state index >= 15 is 0 Å². The molecule has 2 aromatic heterocycles. The second kappa shape index (κ2) is 5.35. The molecule has 1 atom stereocenters. The number of rotatable bonds is 3. The Balaban J connectivity index is 1.59. The van der Waals surface area contributed by atoms with Gasteiger partial charge in [-0.15, -0.1) is 0 Å². The summed E-state index contributed by atoms with van der Waals surface area (Å²) in [6.07, 6.45) is 5.80. The van der Waals surface area contributed by atoms with Crippen molar-refractivity contribution in [3.63, 3.8) is 0 Å². The average molecular weight is 308 g/mol. The number of para-hydroxylation sites is 1. The lowest BCUT2D eigenvalue weighted by molar-refractivity contribution is -0.117. The molecule has 3 heterocycles. The van der Waals surface area contributed by atoms with Gasteiger partial charge in [0, 0.05) is 25.2 Å². The number of benzene rings is 1. The van der Waals surface area contributed by atoms with Gasteiger partial charge in [-0.05, 0) is 18.6 Å². The Bertz CT molecular complexity index is 868. The molecular formula is C16H16N6O. The highest BCUT2D eigenvalue weighted by atomic mass is 16.2. The highest BCUT2D eigenvalue weighted by molar-refractivity contribution is 6.01. The Morgan fingerprint density at radius 3 is 2.96 bits per heavy atom. The molecule has 0 spiro atoms. The van der Waals surface area contributed by atoms with Gasteiger partial charge in [-0.3, -0.25) is 9.48 Å². The molecule has 1 N–H and O–H groups in total. The van der Waals surface area contributed by atoms with E-state index < -0.39 is 0 Å². The first-order chi connectivity index (χ1) is 11.2. The maximum atomic E-state index is 12.6. The zero-order valence-corrected chi connectivity index (χ0v) is 12.7. The number of aromatic nitrogens is 4. The summed E-state index contributed by atoms with van der Waals surface area (Å²) in [7, 11) is 1.84. The van der Waals surface area contributed by atoms with Crippen LogP contribution in [0.4, 0.5) is 11.5 Å². The third-order valence-corrected chi connectivity index (χ3v) is 4.06. The minimum Gasteiger partial charge on any atom is -0.358 e. The van der Waals surface area contributed by atoms with E-state index in [2.05, 4.69) is 20.4 Å². The summed E-state index contributed by atoms with van der Waals surface area (Å²) in [6.45, 7) is 0.672. The van der Waals surface area contributed by atoms with Gasteiger partial charge < -0.3 is 10.2 Å². The number of nitrogens with zero attached hydrogens (tertiary/aromatic N) is 5. The molecule has 0 saturated carbocycles. The van der Waals surface area contributed by atoms with Crippen molar-refractivity contribution < 1.29 is 4.79 Å². The standard InChI is InChI=1S/C16H16N6O/c1-21-9-11(8-19-21)22-7-6-14(16(22)23)20-15-12-4-2-3-5-13(12)17-10-18-15/h2-5,8-10,14H,6-7H2,1H3,(H,17,18,20). The van der Waals surface area contributed by atoms with Crippen molar-refractivity contribution in [2.75, 3.05) is 16.8 Å². The number of hydrogen-bond acceptors (Lipinski definition) is 5. The van der Waals surface area contributed by atoms with Crippen LogP contribution in [0.2, 0.25) is 0 Å². The predicted octanol–water partition coefficient (Wildman–Crippen LogP) is 1.58. The minimum atomic E-state index is -0.284. The van der Waals surface area contributed by atoms with Gasteiger partial charge in [0.2, 0.25) is 5.91 Å². The fourth-order valence-corrected chi connectivity index (χ4v) is 2.90. The molecule has 7 nitrogen and oxygen atoms in total. The van der Waals surface area contributed by atoms with Crippen molar-refractivity contribution >= 4 is 28.3 Å². The molecule has 0 aliphatic carbocycles. The van der Waals surface area contributed by atoms with Gasteiger partial charge in [-0.1, -0.05) is 12.1 Å². The summed E-state index contributed by atoms with van der Waals surface area (Å²) < 4.78 is 1.70. The van der Waals surface area contributed by atoms with Crippen LogP contribution < -0.4 is 10.2 Å². The van der Waals surface area contributed by atoms with Crippen LogP contribution >= 0.6 is 0 Å². The van der Waals surface area contributed by atoms with Crippen molar-refractivity contribution in [2.24, 2.45) is 7.05 Å². The zero-order chi connectivity index (χ0) is 15.8. The van der Waals surface area contributed by atoms with Gasteiger partial charge in [0.25, 0.3) is 0 Å². The quantitative estimate of drug-likeness (QED) is 0.795. The zero-order valence-electron chi connectivity index (χ0n) is 12.7. The smallest absolute Gasteiger partial charge is 0.249 e. The Kier molecular flexibility index (Phi) is 3.18. The Hall–Kier alpha value is -2.96. The number of carbonyl (C=O) groups is 1. The van der Waals surface area contributed by atoms with Crippen LogP contribution in [0, 0.1) is 0 Å². The lowest BCUT2D eigenvalue weighted by Crippen LogP contribution is -2.33. The molecule has 116 valence electrons. The van der Waals surface area contributed by atoms with E-state index in [4.69, 9.17) is 0 Å². The molecule has 1 saturated heterocycles. The molecular weight excluding hydrogens is 292 g/mol. The number of amides is 1. The highest BCUT2D eigenvalue weighted by Gasteiger charge is 2.33. The molecule has 1 aromatic carbocycles. The summed E-state index contributed by atoms with van der Waals surface area (Å²) in [4.78, 5) is 22.9. The Morgan fingerprint density at radius 1 is 1.26 bits per heavy atom. The number of hydrogen-bond donors (Lipinski definition) is 1. The van der Waals surface area contributed by atoms with E-state index in [1.807, 2.05) is 37.5 Å². The monoisotopic (exact) mass is 308 g/mol. The van der Waals surface area contributed by atoms with E-state index in [0.717, 1.165) is 23.0 Å². The Morgan fingerprint density at radius 2 is 2.13 bits per heavy atom. The summed E-state index contributed by atoms with van der Waals surface area (Å²) >= 11 is 0. The van der Waals surface area contributed by atoms with E-state index in [-0.39, 0.29) is 11.9 Å². The topological polar surface area (TPSA) is 75.9 Å². The lowest BCUT2D eigenvalue weighted by atomic mass is 10.2. The normalized spacial score (nSPS) is 17.9. The summed E-state index contributed by atoms with van der Waals surface area (Å²) in [5, 5.41) is 8.32. The number of fused-ring (bicyclic) bond motifs is 1. The fraction of sp³-hybridized carbons (Fsp3) is 0.250. The van der Waals surface area contributed by atoms with Crippen molar-refractivity contribution in [1.29, 1.82) is 0 Å². The van der Waals surface area contributed by atoms with Crippen molar-refractivity contribution in [1.82, 2.24) is 19.7 Å². The van der Waals surface area contributed by atoms with Gasteiger partial charge >= 0.3 is 0 Å². The van der Waals surface area contributed by atoms with Crippen molar-refractivity contribution in [3.8, 4) is 0 Å². The molecule has 0 bridgehead atoms. The maximum Gasteiger partial charge on any atom is 0.249 e. The first-order valence-corrected chi connectivity index (χ1v) is 7.49. The van der Waals surface area contributed by atoms with Gasteiger partial charge in [0.15, 0.2) is 0 Å². The molecule has 23 heavy (non-hydrogen) atoms. The molecule has 0 radical (unpaired) electrons. The average Bonchev–Trinajstić information content (AvgIpc) is 3.14. The number of aryl methyl sites for hydroxylation is 1. The highest BCUT2D eigenvalue weighted by Crippen LogP contribution is 2.25.